The van der Waals surface area contributed by atoms with Crippen molar-refractivity contribution < 1.29 is 14.3 Å². The third-order valence-corrected chi connectivity index (χ3v) is 13.7. The summed E-state index contributed by atoms with van der Waals surface area (Å²) in [7, 11) is 1.71. The molecule has 1 aromatic heterocycles. The van der Waals surface area contributed by atoms with E-state index in [2.05, 4.69) is 198 Å². The Hall–Kier alpha value is -4.60. The van der Waals surface area contributed by atoms with Crippen LogP contribution in [0.2, 0.25) is 0 Å². The molecule has 7 nitrogen and oxygen atoms in total. The van der Waals surface area contributed by atoms with Crippen LogP contribution in [0.4, 0.5) is 11.4 Å². The van der Waals surface area contributed by atoms with Gasteiger partial charge in [-0.25, -0.2) is 4.79 Å². The zero-order valence-corrected chi connectivity index (χ0v) is 60.2. The second kappa shape index (κ2) is 59.7. The second-order valence-electron chi connectivity index (χ2n) is 22.3. The number of nitrogens with one attached hydrogen (secondary N) is 1. The number of hydrogen-bond donors (Lipinski definition) is 3. The number of anilines is 2. The monoisotopic (exact) mass is 1260 g/mol. The van der Waals surface area contributed by atoms with Crippen molar-refractivity contribution in [2.24, 2.45) is 5.92 Å². The number of aromatic nitrogens is 1. The predicted molar refractivity (Wildman–Crippen MR) is 388 cm³/mol. The number of thiol groups is 1. The van der Waals surface area contributed by atoms with Crippen molar-refractivity contribution >= 4 is 51.0 Å². The maximum Gasteiger partial charge on any atom is 0.419 e. The summed E-state index contributed by atoms with van der Waals surface area (Å²) < 4.78 is 13.2. The molecule has 0 saturated heterocycles. The highest BCUT2D eigenvalue weighted by molar-refractivity contribution is 9.10. The molecule has 484 valence electrons. The lowest BCUT2D eigenvalue weighted by molar-refractivity contribution is 0.414. The Kier molecular flexibility index (Phi) is 59.4. The van der Waals surface area contributed by atoms with E-state index in [-0.39, 0.29) is 5.76 Å². The quantitative estimate of drug-likeness (QED) is 0.0371. The highest BCUT2D eigenvalue weighted by atomic mass is 79.9. The van der Waals surface area contributed by atoms with Gasteiger partial charge in [0.25, 0.3) is 0 Å². The van der Waals surface area contributed by atoms with Crippen LogP contribution in [0.15, 0.2) is 128 Å². The molecular weight excluding hydrogens is 1130 g/mol. The van der Waals surface area contributed by atoms with Gasteiger partial charge in [0, 0.05) is 47.3 Å². The van der Waals surface area contributed by atoms with Gasteiger partial charge in [-0.2, -0.15) is 0 Å². The number of phenolic OH excluding ortho intramolecular Hbond substituents is 1. The van der Waals surface area contributed by atoms with E-state index in [1.54, 1.807) is 17.7 Å². The Morgan fingerprint density at radius 1 is 0.600 bits per heavy atom. The molecule has 0 atom stereocenters. The number of fused-ring (bicyclic) bond motifs is 1. The maximum atomic E-state index is 11.5. The Bertz CT molecular complexity index is 2400. The first kappa shape index (κ1) is 84.6. The largest absolute Gasteiger partial charge is 0.508 e. The third-order valence-electron chi connectivity index (χ3n) is 12.7. The van der Waals surface area contributed by atoms with Crippen molar-refractivity contribution in [1.82, 2.24) is 4.57 Å². The molecule has 85 heavy (non-hydrogen) atoms. The molecule has 6 rings (SSSR count). The van der Waals surface area contributed by atoms with Crippen LogP contribution in [-0.2, 0) is 25.8 Å². The number of unbranched alkanes of at least 4 members (excludes halogenated alkanes) is 10. The number of rotatable bonds is 26. The number of methoxy groups -OCH3 is 1. The number of ether oxygens (including phenoxy) is 1. The molecule has 9 heteroatoms. The molecule has 0 spiro atoms. The average molecular weight is 1260 g/mol. The van der Waals surface area contributed by atoms with Gasteiger partial charge in [0.05, 0.1) is 18.3 Å². The van der Waals surface area contributed by atoms with Gasteiger partial charge in [0.15, 0.2) is 5.58 Å². The van der Waals surface area contributed by atoms with Crippen LogP contribution in [0.5, 0.6) is 11.5 Å². The summed E-state index contributed by atoms with van der Waals surface area (Å²) >= 11 is 8.10. The van der Waals surface area contributed by atoms with Gasteiger partial charge in [0.1, 0.15) is 11.5 Å². The predicted octanol–water partition coefficient (Wildman–Crippen LogP) is 24.6. The van der Waals surface area contributed by atoms with Gasteiger partial charge in [-0.1, -0.05) is 268 Å². The van der Waals surface area contributed by atoms with E-state index in [9.17, 15) is 4.79 Å². The smallest absolute Gasteiger partial charge is 0.419 e. The molecular formula is C76H128BrN3O4S. The van der Waals surface area contributed by atoms with Gasteiger partial charge in [0.2, 0.25) is 0 Å². The molecule has 0 fully saturated rings. The standard InChI is InChI=1S/C13H21NO.C12H18BrNS.C12H15NO2.C11H16.C8H18.C7H8O.C6H14.C4H10.C3H8/c1-4-9-14(10-5-2)12-7-6-8-13(11-12)15-3;1-3-5-9-7-10(13)12(11(15)8-9)14-6-4-2;1-2-3-6-9-13-10-7-4-5-8-11(10)15-12(13)14;1-3-7-11-9-6-5-8-10(11)4-2;1-3-5-7-8-6-4-2;1-6-4-2-3-5-7(6)8;1-3-5-6-4-2;1-4(2)3;1-3-2/h6-8,11H,4-5,9-10H2,1-3H3;7-8,14-15H,3-6H2,1-2H3;4-5,7-8H,2-3,6,9H2,1H3;5-6,8-9H,3-4,7H2,1-2H3;3-8H2,1-2H3;2-5,8H,1H3;3-6H2,1-2H3;4H,1-3H3;3H2,1-2H3. The van der Waals surface area contributed by atoms with Crippen molar-refractivity contribution in [3.8, 4) is 11.5 Å². The van der Waals surface area contributed by atoms with E-state index >= 15 is 0 Å². The molecule has 0 unspecified atom stereocenters. The molecule has 0 aliphatic carbocycles. The number of phenols is 1. The van der Waals surface area contributed by atoms with Gasteiger partial charge in [-0.15, -0.1) is 12.6 Å². The van der Waals surface area contributed by atoms with E-state index in [0.29, 0.717) is 11.3 Å². The van der Waals surface area contributed by atoms with E-state index in [0.717, 1.165) is 103 Å². The topological polar surface area (TPSA) is 79.9 Å². The molecule has 2 N–H and O–H groups in total. The lowest BCUT2D eigenvalue weighted by Gasteiger charge is -2.24. The summed E-state index contributed by atoms with van der Waals surface area (Å²) in [4.78, 5) is 15.0. The number of oxazole rings is 1. The fourth-order valence-corrected chi connectivity index (χ4v) is 9.47. The Morgan fingerprint density at radius 3 is 1.58 bits per heavy atom. The molecule has 0 aliphatic heterocycles. The first-order valence-corrected chi connectivity index (χ1v) is 34.8. The summed E-state index contributed by atoms with van der Waals surface area (Å²) in [5.74, 6) is 1.89. The average Bonchev–Trinajstić information content (AvgIpc) is 3.96. The zero-order valence-electron chi connectivity index (χ0n) is 57.7. The van der Waals surface area contributed by atoms with Crippen LogP contribution in [0.1, 0.15) is 255 Å². The molecule has 5 aromatic carbocycles. The third kappa shape index (κ3) is 44.5. The minimum absolute atomic E-state index is 0.243. The molecule has 6 aromatic rings. The van der Waals surface area contributed by atoms with Crippen molar-refractivity contribution in [2.75, 3.05) is 37.0 Å². The van der Waals surface area contributed by atoms with Crippen LogP contribution in [-0.4, -0.2) is 36.4 Å². The highest BCUT2D eigenvalue weighted by Crippen LogP contribution is 2.31. The number of benzene rings is 5. The number of para-hydroxylation sites is 3. The second-order valence-corrected chi connectivity index (χ2v) is 23.6. The summed E-state index contributed by atoms with van der Waals surface area (Å²) in [6.45, 7) is 40.9. The van der Waals surface area contributed by atoms with Crippen molar-refractivity contribution in [3.05, 3.63) is 146 Å². The fourth-order valence-electron chi connectivity index (χ4n) is 8.30. The van der Waals surface area contributed by atoms with E-state index in [1.165, 1.54) is 125 Å². The fraction of sp³-hybridized carbons (Fsp3) is 0.592. The van der Waals surface area contributed by atoms with Crippen molar-refractivity contribution in [3.63, 3.8) is 0 Å². The minimum Gasteiger partial charge on any atom is -0.508 e. The van der Waals surface area contributed by atoms with Gasteiger partial charge >= 0.3 is 5.76 Å². The number of aryl methyl sites for hydroxylation is 5. The van der Waals surface area contributed by atoms with Gasteiger partial charge in [-0.3, -0.25) is 4.57 Å². The normalized spacial score (nSPS) is 9.89. The molecule has 0 saturated carbocycles. The highest BCUT2D eigenvalue weighted by Gasteiger charge is 2.09. The van der Waals surface area contributed by atoms with Crippen LogP contribution in [0.3, 0.4) is 0 Å². The Balaban J connectivity index is -0.000000923. The van der Waals surface area contributed by atoms with Crippen molar-refractivity contribution in [2.45, 2.75) is 270 Å². The van der Waals surface area contributed by atoms with Crippen molar-refractivity contribution in [1.29, 1.82) is 0 Å². The van der Waals surface area contributed by atoms with Crippen LogP contribution >= 0.6 is 28.6 Å². The Morgan fingerprint density at radius 2 is 1.11 bits per heavy atom. The first-order chi connectivity index (χ1) is 41.0. The zero-order chi connectivity index (χ0) is 64.5. The van der Waals surface area contributed by atoms with Crippen LogP contribution in [0.25, 0.3) is 11.1 Å². The molecule has 1 heterocycles. The van der Waals surface area contributed by atoms with E-state index in [1.807, 2.05) is 61.5 Å². The molecule has 0 aliphatic rings. The molecule has 0 radical (unpaired) electrons. The van der Waals surface area contributed by atoms with E-state index in [4.69, 9.17) is 14.3 Å². The lowest BCUT2D eigenvalue weighted by atomic mass is 10.0. The number of hydrogen-bond acceptors (Lipinski definition) is 7. The maximum absolute atomic E-state index is 11.5. The molecule has 0 amide bonds. The summed E-state index contributed by atoms with van der Waals surface area (Å²) in [5.41, 5.74) is 9.26. The first-order valence-electron chi connectivity index (χ1n) is 33.5. The van der Waals surface area contributed by atoms with Gasteiger partial charge in [-0.05, 0) is 138 Å². The van der Waals surface area contributed by atoms with Gasteiger partial charge < -0.3 is 24.5 Å². The minimum atomic E-state index is -0.243. The van der Waals surface area contributed by atoms with Crippen LogP contribution < -0.4 is 20.7 Å². The summed E-state index contributed by atoms with van der Waals surface area (Å²) in [5, 5.41) is 12.3. The molecule has 0 bridgehead atoms. The van der Waals surface area contributed by atoms with E-state index < -0.39 is 0 Å². The number of halogens is 1. The number of aromatic hydroxyl groups is 1. The summed E-state index contributed by atoms with van der Waals surface area (Å²) in [6.07, 6.45) is 28.0. The number of nitrogens with zero attached hydrogens (tertiary/aromatic N) is 2. The summed E-state index contributed by atoms with van der Waals surface area (Å²) in [6, 6.07) is 36.1. The van der Waals surface area contributed by atoms with Crippen LogP contribution in [0, 0.1) is 12.8 Å². The lowest BCUT2D eigenvalue weighted by Crippen LogP contribution is -2.24. The SMILES string of the molecule is CC(C)C.CCC.CCCCCC.CCCCCCCC.CCCCCn1c(=O)oc2ccccc21.CCCN(CCC)c1cccc(OC)c1.CCCNc1c(S)cc(CCC)cc1Br.CCCc1ccccc1CC.Cc1ccccc1O. The Labute approximate surface area is 537 Å².